The van der Waals surface area contributed by atoms with E-state index in [1.807, 2.05) is 4.90 Å². The maximum absolute atomic E-state index is 10.7. The Morgan fingerprint density at radius 3 is 2.50 bits per heavy atom. The number of hydrogen-bond acceptors (Lipinski definition) is 4. The van der Waals surface area contributed by atoms with Crippen LogP contribution in [0.2, 0.25) is 0 Å². The molecular formula is C9H17NO4. The predicted octanol–water partition coefficient (Wildman–Crippen LogP) is -0.721. The summed E-state index contributed by atoms with van der Waals surface area (Å²) < 4.78 is 0. The van der Waals surface area contributed by atoms with E-state index in [9.17, 15) is 9.90 Å². The van der Waals surface area contributed by atoms with Gasteiger partial charge in [0.15, 0.2) is 5.60 Å². The third-order valence-electron chi connectivity index (χ3n) is 2.42. The third kappa shape index (κ3) is 2.94. The van der Waals surface area contributed by atoms with E-state index in [0.29, 0.717) is 12.6 Å². The Balaban J connectivity index is 2.49. The van der Waals surface area contributed by atoms with Crippen molar-refractivity contribution >= 4 is 5.97 Å². The molecule has 0 bridgehead atoms. The summed E-state index contributed by atoms with van der Waals surface area (Å²) in [6.07, 6.45) is 2.05. The first kappa shape index (κ1) is 11.4. The van der Waals surface area contributed by atoms with Crippen molar-refractivity contribution in [3.8, 4) is 0 Å². The molecule has 1 aliphatic carbocycles. The van der Waals surface area contributed by atoms with Gasteiger partial charge in [0.05, 0.1) is 6.61 Å². The highest BCUT2D eigenvalue weighted by molar-refractivity contribution is 5.76. The van der Waals surface area contributed by atoms with Crippen molar-refractivity contribution < 1.29 is 20.1 Å². The van der Waals surface area contributed by atoms with Crippen LogP contribution in [0.25, 0.3) is 0 Å². The number of carboxylic acid groups (broad SMARTS) is 1. The lowest BCUT2D eigenvalue weighted by molar-refractivity contribution is -0.158. The van der Waals surface area contributed by atoms with Crippen molar-refractivity contribution in [2.75, 3.05) is 19.7 Å². The smallest absolute Gasteiger partial charge is 0.336 e. The molecule has 0 amide bonds. The van der Waals surface area contributed by atoms with Crippen molar-refractivity contribution in [3.63, 3.8) is 0 Å². The summed E-state index contributed by atoms with van der Waals surface area (Å²) in [5, 5.41) is 27.0. The lowest BCUT2D eigenvalue weighted by atomic mass is 10.1. The van der Waals surface area contributed by atoms with Gasteiger partial charge in [-0.1, -0.05) is 0 Å². The molecule has 1 rings (SSSR count). The molecule has 0 heterocycles. The first-order valence-electron chi connectivity index (χ1n) is 4.78. The van der Waals surface area contributed by atoms with Crippen molar-refractivity contribution in [2.24, 2.45) is 0 Å². The van der Waals surface area contributed by atoms with E-state index < -0.39 is 11.6 Å². The molecule has 0 spiro atoms. The molecule has 0 radical (unpaired) electrons. The molecule has 0 aromatic heterocycles. The fourth-order valence-corrected chi connectivity index (χ4v) is 1.42. The fraction of sp³-hybridized carbons (Fsp3) is 0.889. The predicted molar refractivity (Wildman–Crippen MR) is 49.9 cm³/mol. The quantitative estimate of drug-likeness (QED) is 0.530. The zero-order chi connectivity index (χ0) is 10.8. The minimum Gasteiger partial charge on any atom is -0.479 e. The summed E-state index contributed by atoms with van der Waals surface area (Å²) in [6.45, 7) is 1.77. The first-order valence-corrected chi connectivity index (χ1v) is 4.78. The zero-order valence-corrected chi connectivity index (χ0v) is 8.31. The van der Waals surface area contributed by atoms with Crippen molar-refractivity contribution in [3.05, 3.63) is 0 Å². The second kappa shape index (κ2) is 4.25. The van der Waals surface area contributed by atoms with Gasteiger partial charge in [0.25, 0.3) is 0 Å². The monoisotopic (exact) mass is 203 g/mol. The van der Waals surface area contributed by atoms with Crippen LogP contribution in [0.5, 0.6) is 0 Å². The Morgan fingerprint density at radius 1 is 1.57 bits per heavy atom. The topological polar surface area (TPSA) is 81.0 Å². The normalized spacial score (nSPS) is 20.9. The Kier molecular flexibility index (Phi) is 3.47. The lowest BCUT2D eigenvalue weighted by Crippen LogP contribution is -2.48. The van der Waals surface area contributed by atoms with Crippen molar-refractivity contribution in [1.82, 2.24) is 4.90 Å². The molecule has 14 heavy (non-hydrogen) atoms. The number of nitrogens with zero attached hydrogens (tertiary/aromatic N) is 1. The number of aliphatic carboxylic acids is 1. The van der Waals surface area contributed by atoms with Gasteiger partial charge < -0.3 is 15.3 Å². The molecule has 1 atom stereocenters. The molecular weight excluding hydrogens is 186 g/mol. The lowest BCUT2D eigenvalue weighted by Gasteiger charge is -2.28. The molecule has 0 aromatic rings. The van der Waals surface area contributed by atoms with Crippen LogP contribution in [0.15, 0.2) is 0 Å². The number of aliphatic hydroxyl groups excluding tert-OH is 1. The molecule has 5 nitrogen and oxygen atoms in total. The number of rotatable bonds is 6. The highest BCUT2D eigenvalue weighted by Gasteiger charge is 2.37. The van der Waals surface area contributed by atoms with Crippen LogP contribution in [0.3, 0.4) is 0 Å². The van der Waals surface area contributed by atoms with Crippen LogP contribution in [-0.4, -0.2) is 57.5 Å². The van der Waals surface area contributed by atoms with Crippen molar-refractivity contribution in [2.45, 2.75) is 31.4 Å². The summed E-state index contributed by atoms with van der Waals surface area (Å²) in [6, 6.07) is 0.341. The highest BCUT2D eigenvalue weighted by Crippen LogP contribution is 2.27. The van der Waals surface area contributed by atoms with Crippen LogP contribution in [-0.2, 0) is 4.79 Å². The van der Waals surface area contributed by atoms with Gasteiger partial charge in [0, 0.05) is 19.1 Å². The molecule has 0 saturated heterocycles. The van der Waals surface area contributed by atoms with E-state index in [-0.39, 0.29) is 13.2 Å². The Labute approximate surface area is 83.0 Å². The van der Waals surface area contributed by atoms with Gasteiger partial charge in [-0.3, -0.25) is 4.90 Å². The minimum atomic E-state index is -1.72. The van der Waals surface area contributed by atoms with Gasteiger partial charge in [-0.25, -0.2) is 4.79 Å². The van der Waals surface area contributed by atoms with E-state index in [1.165, 1.54) is 6.92 Å². The molecule has 1 unspecified atom stereocenters. The summed E-state index contributed by atoms with van der Waals surface area (Å²) in [7, 11) is 0. The van der Waals surface area contributed by atoms with E-state index in [4.69, 9.17) is 10.2 Å². The maximum atomic E-state index is 10.7. The second-order valence-corrected chi connectivity index (χ2v) is 4.00. The van der Waals surface area contributed by atoms with Gasteiger partial charge in [0.1, 0.15) is 0 Å². The zero-order valence-electron chi connectivity index (χ0n) is 8.31. The second-order valence-electron chi connectivity index (χ2n) is 4.00. The van der Waals surface area contributed by atoms with Gasteiger partial charge in [-0.15, -0.1) is 0 Å². The van der Waals surface area contributed by atoms with Crippen LogP contribution in [0.1, 0.15) is 19.8 Å². The summed E-state index contributed by atoms with van der Waals surface area (Å²) in [5.41, 5.74) is -1.72. The summed E-state index contributed by atoms with van der Waals surface area (Å²) >= 11 is 0. The molecule has 1 fully saturated rings. The highest BCUT2D eigenvalue weighted by atomic mass is 16.4. The minimum absolute atomic E-state index is 0.00774. The van der Waals surface area contributed by atoms with Gasteiger partial charge in [-0.2, -0.15) is 0 Å². The van der Waals surface area contributed by atoms with Crippen molar-refractivity contribution in [1.29, 1.82) is 0 Å². The van der Waals surface area contributed by atoms with Crippen LogP contribution in [0, 0.1) is 0 Å². The SMILES string of the molecule is CC(O)(CN(CCO)C1CC1)C(=O)O. The van der Waals surface area contributed by atoms with E-state index in [2.05, 4.69) is 0 Å². The number of carboxylic acids is 1. The average molecular weight is 203 g/mol. The molecule has 82 valence electrons. The fourth-order valence-electron chi connectivity index (χ4n) is 1.42. The third-order valence-corrected chi connectivity index (χ3v) is 2.42. The van der Waals surface area contributed by atoms with E-state index in [0.717, 1.165) is 12.8 Å². The largest absolute Gasteiger partial charge is 0.479 e. The van der Waals surface area contributed by atoms with Gasteiger partial charge in [-0.05, 0) is 19.8 Å². The van der Waals surface area contributed by atoms with Crippen LogP contribution >= 0.6 is 0 Å². The van der Waals surface area contributed by atoms with Crippen LogP contribution in [0.4, 0.5) is 0 Å². The van der Waals surface area contributed by atoms with E-state index in [1.54, 1.807) is 0 Å². The number of aliphatic hydroxyl groups is 2. The summed E-state index contributed by atoms with van der Waals surface area (Å²) in [5.74, 6) is -1.22. The molecule has 1 aliphatic rings. The first-order chi connectivity index (χ1) is 6.47. The standard InChI is InChI=1S/C9H17NO4/c1-9(14,8(12)13)6-10(4-5-11)7-2-3-7/h7,11,14H,2-6H2,1H3,(H,12,13). The summed E-state index contributed by atoms with van der Waals surface area (Å²) in [4.78, 5) is 12.5. The Morgan fingerprint density at radius 2 is 2.14 bits per heavy atom. The van der Waals surface area contributed by atoms with Gasteiger partial charge >= 0.3 is 5.97 Å². The molecule has 3 N–H and O–H groups in total. The molecule has 0 aromatic carbocycles. The maximum Gasteiger partial charge on any atom is 0.336 e. The molecule has 5 heteroatoms. The van der Waals surface area contributed by atoms with Crippen LogP contribution < -0.4 is 0 Å². The molecule has 1 saturated carbocycles. The Hall–Kier alpha value is -0.650. The number of hydrogen-bond donors (Lipinski definition) is 3. The van der Waals surface area contributed by atoms with Gasteiger partial charge in [0.2, 0.25) is 0 Å². The average Bonchev–Trinajstić information content (AvgIpc) is 2.85. The Bertz CT molecular complexity index is 213. The number of carbonyl (C=O) groups is 1. The van der Waals surface area contributed by atoms with E-state index >= 15 is 0 Å². The molecule has 0 aliphatic heterocycles.